The Morgan fingerprint density at radius 1 is 1.06 bits per heavy atom. The van der Waals surface area contributed by atoms with Gasteiger partial charge in [0.15, 0.2) is 5.13 Å². The van der Waals surface area contributed by atoms with E-state index in [-0.39, 0.29) is 12.1 Å². The van der Waals surface area contributed by atoms with Gasteiger partial charge in [0.05, 0.1) is 23.9 Å². The zero-order chi connectivity index (χ0) is 22.9. The zero-order valence-electron chi connectivity index (χ0n) is 17.3. The number of fused-ring (bicyclic) bond motifs is 1. The molecule has 0 aliphatic heterocycles. The Labute approximate surface area is 186 Å². The van der Waals surface area contributed by atoms with Crippen LogP contribution in [0, 0.1) is 6.92 Å². The SMILES string of the molecule is COc1ccc(C)c2sc(N(Cc3ccccc3)C(=O)c3cccc(C(F)(F)F)c3)nc12. The van der Waals surface area contributed by atoms with Crippen LogP contribution in [0.15, 0.2) is 66.7 Å². The number of thiazole rings is 1. The number of nitrogens with zero attached hydrogens (tertiary/aromatic N) is 2. The van der Waals surface area contributed by atoms with Crippen molar-refractivity contribution >= 4 is 32.6 Å². The number of methoxy groups -OCH3 is 1. The van der Waals surface area contributed by atoms with Crippen molar-refractivity contribution < 1.29 is 22.7 Å². The molecule has 0 aliphatic carbocycles. The molecular weight excluding hydrogens is 437 g/mol. The van der Waals surface area contributed by atoms with Crippen LogP contribution in [0.4, 0.5) is 18.3 Å². The van der Waals surface area contributed by atoms with Crippen LogP contribution in [0.1, 0.15) is 27.0 Å². The molecule has 1 heterocycles. The molecule has 0 fully saturated rings. The molecule has 0 spiro atoms. The van der Waals surface area contributed by atoms with Gasteiger partial charge in [0.2, 0.25) is 0 Å². The Hall–Kier alpha value is -3.39. The number of carbonyl (C=O) groups is 1. The molecule has 0 unspecified atom stereocenters. The Morgan fingerprint density at radius 3 is 2.50 bits per heavy atom. The van der Waals surface area contributed by atoms with E-state index in [2.05, 4.69) is 4.98 Å². The first-order chi connectivity index (χ1) is 15.3. The maximum Gasteiger partial charge on any atom is 0.416 e. The minimum atomic E-state index is -4.54. The van der Waals surface area contributed by atoms with Crippen molar-refractivity contribution in [2.45, 2.75) is 19.6 Å². The largest absolute Gasteiger partial charge is 0.494 e. The summed E-state index contributed by atoms with van der Waals surface area (Å²) in [5.41, 5.74) is 1.48. The van der Waals surface area contributed by atoms with E-state index in [4.69, 9.17) is 4.74 Å². The number of carbonyl (C=O) groups excluding carboxylic acids is 1. The molecule has 1 amide bonds. The molecule has 1 aromatic heterocycles. The molecular formula is C24H19F3N2O2S. The molecule has 32 heavy (non-hydrogen) atoms. The molecule has 0 bridgehead atoms. The molecule has 4 aromatic rings. The van der Waals surface area contributed by atoms with Crippen molar-refractivity contribution in [1.29, 1.82) is 0 Å². The number of anilines is 1. The fourth-order valence-electron chi connectivity index (χ4n) is 3.36. The predicted octanol–water partition coefficient (Wildman–Crippen LogP) is 6.48. The van der Waals surface area contributed by atoms with Crippen molar-refractivity contribution in [3.8, 4) is 5.75 Å². The van der Waals surface area contributed by atoms with Crippen LogP contribution < -0.4 is 9.64 Å². The summed E-state index contributed by atoms with van der Waals surface area (Å²) in [6.45, 7) is 2.09. The smallest absolute Gasteiger partial charge is 0.416 e. The normalized spacial score (nSPS) is 11.5. The highest BCUT2D eigenvalue weighted by atomic mass is 32.1. The number of rotatable bonds is 5. The lowest BCUT2D eigenvalue weighted by atomic mass is 10.1. The highest BCUT2D eigenvalue weighted by Crippen LogP contribution is 2.37. The van der Waals surface area contributed by atoms with Crippen molar-refractivity contribution in [2.24, 2.45) is 0 Å². The van der Waals surface area contributed by atoms with Crippen molar-refractivity contribution in [2.75, 3.05) is 12.0 Å². The third kappa shape index (κ3) is 4.31. The van der Waals surface area contributed by atoms with Gasteiger partial charge in [-0.3, -0.25) is 9.69 Å². The van der Waals surface area contributed by atoms with Gasteiger partial charge < -0.3 is 4.74 Å². The number of ether oxygens (including phenoxy) is 1. The van der Waals surface area contributed by atoms with Crippen LogP contribution in [-0.2, 0) is 12.7 Å². The maximum atomic E-state index is 13.4. The molecule has 0 N–H and O–H groups in total. The van der Waals surface area contributed by atoms with Crippen LogP contribution in [0.2, 0.25) is 0 Å². The number of benzene rings is 3. The monoisotopic (exact) mass is 456 g/mol. The fraction of sp³-hybridized carbons (Fsp3) is 0.167. The molecule has 0 atom stereocenters. The fourth-order valence-corrected chi connectivity index (χ4v) is 4.40. The second kappa shape index (κ2) is 8.63. The van der Waals surface area contributed by atoms with Crippen LogP contribution in [0.5, 0.6) is 5.75 Å². The van der Waals surface area contributed by atoms with E-state index in [9.17, 15) is 18.0 Å². The number of hydrogen-bond donors (Lipinski definition) is 0. The summed E-state index contributed by atoms with van der Waals surface area (Å²) in [6.07, 6.45) is -4.54. The quantitative estimate of drug-likeness (QED) is 0.345. The summed E-state index contributed by atoms with van der Waals surface area (Å²) in [5, 5.41) is 0.388. The van der Waals surface area contributed by atoms with Gasteiger partial charge >= 0.3 is 6.18 Å². The van der Waals surface area contributed by atoms with Gasteiger partial charge in [0.25, 0.3) is 5.91 Å². The van der Waals surface area contributed by atoms with Gasteiger partial charge in [-0.05, 0) is 42.3 Å². The first-order valence-electron chi connectivity index (χ1n) is 9.75. The van der Waals surface area contributed by atoms with Gasteiger partial charge in [-0.25, -0.2) is 4.98 Å². The van der Waals surface area contributed by atoms with Crippen LogP contribution in [-0.4, -0.2) is 18.0 Å². The number of alkyl halides is 3. The molecule has 4 rings (SSSR count). The molecule has 0 aliphatic rings. The number of hydrogen-bond acceptors (Lipinski definition) is 4. The second-order valence-electron chi connectivity index (χ2n) is 7.21. The average molecular weight is 456 g/mol. The van der Waals surface area contributed by atoms with Gasteiger partial charge in [0, 0.05) is 5.56 Å². The Balaban J connectivity index is 1.82. The molecule has 4 nitrogen and oxygen atoms in total. The standard InChI is InChI=1S/C24H19F3N2O2S/c1-15-11-12-19(31-2)20-21(15)32-23(28-20)29(14-16-7-4-3-5-8-16)22(30)17-9-6-10-18(13-17)24(25,26)27/h3-13H,14H2,1-2H3. The van der Waals surface area contributed by atoms with Crippen LogP contribution in [0.25, 0.3) is 10.2 Å². The summed E-state index contributed by atoms with van der Waals surface area (Å²) in [5.74, 6) is 0.00917. The summed E-state index contributed by atoms with van der Waals surface area (Å²) in [7, 11) is 1.54. The third-order valence-corrected chi connectivity index (χ3v) is 6.22. The van der Waals surface area contributed by atoms with Crippen molar-refractivity contribution in [1.82, 2.24) is 4.98 Å². The lowest BCUT2D eigenvalue weighted by molar-refractivity contribution is -0.137. The van der Waals surface area contributed by atoms with E-state index in [1.807, 2.05) is 43.3 Å². The van der Waals surface area contributed by atoms with E-state index in [1.165, 1.54) is 28.4 Å². The summed E-state index contributed by atoms with van der Waals surface area (Å²) in [6, 6.07) is 17.4. The molecule has 3 aromatic carbocycles. The zero-order valence-corrected chi connectivity index (χ0v) is 18.1. The first-order valence-corrected chi connectivity index (χ1v) is 10.6. The lowest BCUT2D eigenvalue weighted by Gasteiger charge is -2.20. The number of aryl methyl sites for hydroxylation is 1. The second-order valence-corrected chi connectivity index (χ2v) is 8.19. The average Bonchev–Trinajstić information content (AvgIpc) is 3.24. The molecule has 0 saturated heterocycles. The number of amides is 1. The lowest BCUT2D eigenvalue weighted by Crippen LogP contribution is -2.30. The van der Waals surface area contributed by atoms with Crippen LogP contribution in [0.3, 0.4) is 0 Å². The summed E-state index contributed by atoms with van der Waals surface area (Å²) >= 11 is 1.31. The Kier molecular flexibility index (Phi) is 5.88. The van der Waals surface area contributed by atoms with E-state index < -0.39 is 17.6 Å². The van der Waals surface area contributed by atoms with Crippen molar-refractivity contribution in [3.05, 3.63) is 89.0 Å². The van der Waals surface area contributed by atoms with E-state index >= 15 is 0 Å². The van der Waals surface area contributed by atoms with E-state index in [0.29, 0.717) is 16.4 Å². The Bertz CT molecular complexity index is 1270. The number of aromatic nitrogens is 1. The summed E-state index contributed by atoms with van der Waals surface area (Å²) < 4.78 is 45.9. The van der Waals surface area contributed by atoms with Gasteiger partial charge in [-0.15, -0.1) is 0 Å². The number of halogens is 3. The maximum absolute atomic E-state index is 13.4. The molecule has 8 heteroatoms. The highest BCUT2D eigenvalue weighted by molar-refractivity contribution is 7.22. The van der Waals surface area contributed by atoms with Gasteiger partial charge in [-0.2, -0.15) is 13.2 Å². The topological polar surface area (TPSA) is 42.4 Å². The molecule has 164 valence electrons. The van der Waals surface area contributed by atoms with Crippen molar-refractivity contribution in [3.63, 3.8) is 0 Å². The minimum Gasteiger partial charge on any atom is -0.494 e. The first kappa shape index (κ1) is 21.8. The third-order valence-electron chi connectivity index (χ3n) is 5.01. The predicted molar refractivity (Wildman–Crippen MR) is 119 cm³/mol. The highest BCUT2D eigenvalue weighted by Gasteiger charge is 2.32. The van der Waals surface area contributed by atoms with Crippen LogP contribution >= 0.6 is 11.3 Å². The van der Waals surface area contributed by atoms with E-state index in [1.54, 1.807) is 13.2 Å². The van der Waals surface area contributed by atoms with Gasteiger partial charge in [-0.1, -0.05) is 53.8 Å². The molecule has 0 saturated carbocycles. The minimum absolute atomic E-state index is 0.0568. The van der Waals surface area contributed by atoms with Gasteiger partial charge in [0.1, 0.15) is 11.3 Å². The summed E-state index contributed by atoms with van der Waals surface area (Å²) in [4.78, 5) is 19.5. The Morgan fingerprint density at radius 2 is 1.81 bits per heavy atom. The van der Waals surface area contributed by atoms with E-state index in [0.717, 1.165) is 28.0 Å². The molecule has 0 radical (unpaired) electrons.